The van der Waals surface area contributed by atoms with Crippen molar-refractivity contribution in [2.45, 2.75) is 11.8 Å². The topological polar surface area (TPSA) is 84.9 Å². The van der Waals surface area contributed by atoms with Crippen LogP contribution in [0, 0.1) is 6.92 Å². The molecule has 0 fully saturated rings. The van der Waals surface area contributed by atoms with E-state index in [1.165, 1.54) is 19.2 Å². The first-order valence-electron chi connectivity index (χ1n) is 11.2. The monoisotopic (exact) mass is 502 g/mol. The van der Waals surface area contributed by atoms with Gasteiger partial charge in [0.25, 0.3) is 10.0 Å². The molecule has 8 heteroatoms. The van der Waals surface area contributed by atoms with Gasteiger partial charge < -0.3 is 14.8 Å². The Balaban J connectivity index is 1.61. The van der Waals surface area contributed by atoms with Crippen molar-refractivity contribution < 1.29 is 22.7 Å². The summed E-state index contributed by atoms with van der Waals surface area (Å²) >= 11 is 0. The Hall–Kier alpha value is -4.30. The third-order valence-corrected chi connectivity index (χ3v) is 7.18. The molecule has 0 saturated heterocycles. The molecule has 0 bridgehead atoms. The van der Waals surface area contributed by atoms with Crippen molar-refractivity contribution in [1.29, 1.82) is 0 Å². The first kappa shape index (κ1) is 24.8. The lowest BCUT2D eigenvalue weighted by Gasteiger charge is -2.24. The molecule has 0 saturated carbocycles. The molecule has 0 aliphatic carbocycles. The highest BCUT2D eigenvalue weighted by molar-refractivity contribution is 7.92. The number of ether oxygens (including phenoxy) is 2. The quantitative estimate of drug-likeness (QED) is 0.321. The summed E-state index contributed by atoms with van der Waals surface area (Å²) < 4.78 is 39.3. The maximum Gasteiger partial charge on any atom is 0.264 e. The molecule has 0 aliphatic heterocycles. The number of hydrogen-bond donors (Lipinski definition) is 1. The van der Waals surface area contributed by atoms with Crippen molar-refractivity contribution >= 4 is 27.3 Å². The van der Waals surface area contributed by atoms with Gasteiger partial charge in [0.05, 0.1) is 23.4 Å². The minimum atomic E-state index is -4.05. The molecule has 1 N–H and O–H groups in total. The maximum absolute atomic E-state index is 13.6. The molecule has 0 spiro atoms. The number of nitrogens with one attached hydrogen (secondary N) is 1. The summed E-state index contributed by atoms with van der Waals surface area (Å²) in [6.07, 6.45) is 0. The third-order valence-electron chi connectivity index (χ3n) is 5.39. The summed E-state index contributed by atoms with van der Waals surface area (Å²) in [4.78, 5) is 13.2. The fraction of sp³-hybridized carbons (Fsp3) is 0.107. The van der Waals surface area contributed by atoms with Crippen LogP contribution in [0.25, 0.3) is 0 Å². The number of methoxy groups -OCH3 is 1. The van der Waals surface area contributed by atoms with E-state index >= 15 is 0 Å². The van der Waals surface area contributed by atoms with E-state index < -0.39 is 22.5 Å². The van der Waals surface area contributed by atoms with Crippen molar-refractivity contribution in [2.24, 2.45) is 0 Å². The van der Waals surface area contributed by atoms with E-state index in [0.29, 0.717) is 28.6 Å². The van der Waals surface area contributed by atoms with Crippen molar-refractivity contribution in [3.8, 4) is 17.2 Å². The molecular weight excluding hydrogens is 476 g/mol. The molecular formula is C28H26N2O5S. The zero-order valence-electron chi connectivity index (χ0n) is 19.9. The van der Waals surface area contributed by atoms with Gasteiger partial charge >= 0.3 is 0 Å². The minimum Gasteiger partial charge on any atom is -0.497 e. The molecule has 7 nitrogen and oxygen atoms in total. The number of hydrogen-bond acceptors (Lipinski definition) is 5. The second-order valence-corrected chi connectivity index (χ2v) is 9.84. The Bertz CT molecular complexity index is 1420. The lowest BCUT2D eigenvalue weighted by Crippen LogP contribution is -2.38. The van der Waals surface area contributed by atoms with E-state index in [-0.39, 0.29) is 4.90 Å². The van der Waals surface area contributed by atoms with Crippen molar-refractivity contribution in [3.05, 3.63) is 109 Å². The summed E-state index contributed by atoms with van der Waals surface area (Å²) in [5, 5.41) is 2.79. The Morgan fingerprint density at radius 3 is 2.11 bits per heavy atom. The van der Waals surface area contributed by atoms with E-state index in [4.69, 9.17) is 9.47 Å². The van der Waals surface area contributed by atoms with Gasteiger partial charge in [0.15, 0.2) is 5.75 Å². The molecule has 0 atom stereocenters. The number of anilines is 2. The number of carbonyl (C=O) groups excluding carboxylic acids is 1. The van der Waals surface area contributed by atoms with Gasteiger partial charge in [-0.15, -0.1) is 0 Å². The third kappa shape index (κ3) is 5.84. The zero-order valence-corrected chi connectivity index (χ0v) is 20.7. The van der Waals surface area contributed by atoms with Gasteiger partial charge in [0, 0.05) is 0 Å². The fourth-order valence-electron chi connectivity index (χ4n) is 3.50. The van der Waals surface area contributed by atoms with Crippen LogP contribution in [0.4, 0.5) is 11.4 Å². The summed E-state index contributed by atoms with van der Waals surface area (Å²) in [5.74, 6) is 1.07. The highest BCUT2D eigenvalue weighted by atomic mass is 32.2. The molecule has 0 heterocycles. The predicted molar refractivity (Wildman–Crippen MR) is 140 cm³/mol. The van der Waals surface area contributed by atoms with Crippen molar-refractivity contribution in [3.63, 3.8) is 0 Å². The number of rotatable bonds is 9. The summed E-state index contributed by atoms with van der Waals surface area (Å²) in [5.41, 5.74) is 1.77. The van der Waals surface area contributed by atoms with E-state index in [2.05, 4.69) is 5.32 Å². The van der Waals surface area contributed by atoms with Gasteiger partial charge in [-0.2, -0.15) is 0 Å². The molecule has 4 rings (SSSR count). The second kappa shape index (κ2) is 11.0. The van der Waals surface area contributed by atoms with E-state index in [1.54, 1.807) is 72.8 Å². The largest absolute Gasteiger partial charge is 0.497 e. The Morgan fingerprint density at radius 1 is 0.806 bits per heavy atom. The molecule has 4 aromatic rings. The van der Waals surface area contributed by atoms with E-state index in [9.17, 15) is 13.2 Å². The number of amides is 1. The molecule has 4 aromatic carbocycles. The maximum atomic E-state index is 13.6. The molecule has 0 aliphatic rings. The highest BCUT2D eigenvalue weighted by Gasteiger charge is 2.27. The number of para-hydroxylation sites is 3. The molecule has 36 heavy (non-hydrogen) atoms. The van der Waals surface area contributed by atoms with Gasteiger partial charge in [0.1, 0.15) is 18.0 Å². The molecule has 0 unspecified atom stereocenters. The van der Waals surface area contributed by atoms with Crippen molar-refractivity contribution in [1.82, 2.24) is 0 Å². The summed E-state index contributed by atoms with van der Waals surface area (Å²) in [6.45, 7) is 1.47. The van der Waals surface area contributed by atoms with Crippen LogP contribution in [-0.4, -0.2) is 28.0 Å². The van der Waals surface area contributed by atoms with Gasteiger partial charge in [-0.1, -0.05) is 48.0 Å². The number of nitrogens with zero attached hydrogens (tertiary/aromatic N) is 1. The number of sulfonamides is 1. The number of carbonyl (C=O) groups is 1. The molecule has 1 amide bonds. The normalized spacial score (nSPS) is 10.9. The number of benzene rings is 4. The molecule has 0 radical (unpaired) electrons. The smallest absolute Gasteiger partial charge is 0.264 e. The number of aryl methyl sites for hydroxylation is 1. The average Bonchev–Trinajstić information content (AvgIpc) is 2.89. The van der Waals surface area contributed by atoms with Crippen LogP contribution in [0.5, 0.6) is 17.2 Å². The van der Waals surface area contributed by atoms with Gasteiger partial charge in [0.2, 0.25) is 5.91 Å². The Labute approximate surface area is 211 Å². The predicted octanol–water partition coefficient (Wildman–Crippen LogP) is 5.63. The van der Waals surface area contributed by atoms with Crippen LogP contribution in [0.1, 0.15) is 5.56 Å². The average molecular weight is 503 g/mol. The van der Waals surface area contributed by atoms with Crippen LogP contribution < -0.4 is 19.1 Å². The Morgan fingerprint density at radius 2 is 1.44 bits per heavy atom. The van der Waals surface area contributed by atoms with Crippen LogP contribution in [0.2, 0.25) is 0 Å². The summed E-state index contributed by atoms with van der Waals surface area (Å²) in [6, 6.07) is 29.2. The standard InChI is InChI=1S/C28H26N2O5S/c1-21-12-14-22(15-13-21)30(36(32,33)25-18-16-23(34-2)17-19-25)20-28(31)29-26-10-6-7-11-27(26)35-24-8-4-3-5-9-24/h3-19H,20H2,1-2H3,(H,29,31). The lowest BCUT2D eigenvalue weighted by molar-refractivity contribution is -0.114. The SMILES string of the molecule is COc1ccc(S(=O)(=O)N(CC(=O)Nc2ccccc2Oc2ccccc2)c2ccc(C)cc2)cc1. The van der Waals surface area contributed by atoms with Crippen LogP contribution in [0.3, 0.4) is 0 Å². The Kier molecular flexibility index (Phi) is 7.56. The highest BCUT2D eigenvalue weighted by Crippen LogP contribution is 2.30. The van der Waals surface area contributed by atoms with E-state index in [1.807, 2.05) is 25.1 Å². The van der Waals surface area contributed by atoms with Crippen LogP contribution in [-0.2, 0) is 14.8 Å². The van der Waals surface area contributed by atoms with Gasteiger partial charge in [-0.3, -0.25) is 9.10 Å². The fourth-order valence-corrected chi connectivity index (χ4v) is 4.92. The van der Waals surface area contributed by atoms with Crippen LogP contribution >= 0.6 is 0 Å². The van der Waals surface area contributed by atoms with Crippen LogP contribution in [0.15, 0.2) is 108 Å². The summed E-state index contributed by atoms with van der Waals surface area (Å²) in [7, 11) is -2.55. The van der Waals surface area contributed by atoms with Crippen molar-refractivity contribution in [2.75, 3.05) is 23.3 Å². The lowest BCUT2D eigenvalue weighted by atomic mass is 10.2. The van der Waals surface area contributed by atoms with Gasteiger partial charge in [-0.25, -0.2) is 8.42 Å². The first-order chi connectivity index (χ1) is 17.4. The zero-order chi connectivity index (χ0) is 25.5. The second-order valence-electron chi connectivity index (χ2n) is 7.98. The first-order valence-corrected chi connectivity index (χ1v) is 12.7. The van der Waals surface area contributed by atoms with Gasteiger partial charge in [-0.05, 0) is 67.6 Å². The minimum absolute atomic E-state index is 0.0458. The molecule has 0 aromatic heterocycles. The van der Waals surface area contributed by atoms with E-state index in [0.717, 1.165) is 9.87 Å². The molecule has 184 valence electrons.